The largest absolute Gasteiger partial charge is 0.309 e. The topological polar surface area (TPSA) is 3.24 Å². The van der Waals surface area contributed by atoms with E-state index in [0.717, 1.165) is 12.8 Å². The molecule has 0 saturated carbocycles. The van der Waals surface area contributed by atoms with Gasteiger partial charge in [0.2, 0.25) is 0 Å². The summed E-state index contributed by atoms with van der Waals surface area (Å²) in [5.74, 6) is 0. The minimum atomic E-state index is -0.104. The molecule has 1 nitrogen and oxygen atoms in total. The number of para-hydroxylation sites is 2. The summed E-state index contributed by atoms with van der Waals surface area (Å²) in [6, 6.07) is 66.9. The van der Waals surface area contributed by atoms with Crippen LogP contribution in [-0.2, 0) is 23.7 Å². The fourth-order valence-corrected chi connectivity index (χ4v) is 11.2. The van der Waals surface area contributed by atoms with Crippen molar-refractivity contribution in [2.75, 3.05) is 4.90 Å². The number of aryl methyl sites for hydroxylation is 2. The summed E-state index contributed by atoms with van der Waals surface area (Å²) in [5.41, 5.74) is 22.4. The van der Waals surface area contributed by atoms with Crippen LogP contribution in [0.5, 0.6) is 0 Å². The maximum atomic E-state index is 2.59. The van der Waals surface area contributed by atoms with Gasteiger partial charge in [0.1, 0.15) is 0 Å². The van der Waals surface area contributed by atoms with Crippen LogP contribution in [0.15, 0.2) is 176 Å². The lowest BCUT2D eigenvalue weighted by atomic mass is 9.80. The van der Waals surface area contributed by atoms with E-state index in [4.69, 9.17) is 0 Å². The molecule has 0 aromatic heterocycles. The highest BCUT2D eigenvalue weighted by Crippen LogP contribution is 2.57. The molecule has 0 saturated heterocycles. The van der Waals surface area contributed by atoms with Gasteiger partial charge in [-0.2, -0.15) is 0 Å². The van der Waals surface area contributed by atoms with E-state index in [-0.39, 0.29) is 10.8 Å². The molecule has 0 spiro atoms. The van der Waals surface area contributed by atoms with Crippen LogP contribution in [0.25, 0.3) is 66.1 Å². The molecule has 12 rings (SSSR count). The minimum absolute atomic E-state index is 0.0777. The summed E-state index contributed by atoms with van der Waals surface area (Å²) < 4.78 is 0. The molecule has 9 aromatic carbocycles. The van der Waals surface area contributed by atoms with Gasteiger partial charge in [0.15, 0.2) is 0 Å². The molecule has 0 N–H and O–H groups in total. The molecule has 3 aliphatic rings. The van der Waals surface area contributed by atoms with Crippen LogP contribution in [0, 0.1) is 0 Å². The van der Waals surface area contributed by atoms with Crippen molar-refractivity contribution in [1.29, 1.82) is 0 Å². The number of fused-ring (bicyclic) bond motifs is 10. The summed E-state index contributed by atoms with van der Waals surface area (Å²) in [6.45, 7) is 9.54. The first-order valence-electron chi connectivity index (χ1n) is 21.2. The molecule has 0 atom stereocenters. The Morgan fingerprint density at radius 2 is 0.864 bits per heavy atom. The van der Waals surface area contributed by atoms with Crippen molar-refractivity contribution in [3.05, 3.63) is 209 Å². The van der Waals surface area contributed by atoms with E-state index in [2.05, 4.69) is 209 Å². The molecule has 0 fully saturated rings. The van der Waals surface area contributed by atoms with E-state index >= 15 is 0 Å². The van der Waals surface area contributed by atoms with Crippen molar-refractivity contribution in [2.24, 2.45) is 0 Å². The van der Waals surface area contributed by atoms with Crippen LogP contribution in [0.2, 0.25) is 0 Å². The first-order valence-corrected chi connectivity index (χ1v) is 21.2. The van der Waals surface area contributed by atoms with Gasteiger partial charge >= 0.3 is 0 Å². The van der Waals surface area contributed by atoms with Crippen LogP contribution in [0.4, 0.5) is 17.1 Å². The third-order valence-corrected chi connectivity index (χ3v) is 14.1. The number of anilines is 3. The molecule has 0 amide bonds. The Bertz CT molecular complexity index is 3180. The summed E-state index contributed by atoms with van der Waals surface area (Å²) in [5, 5.41) is 5.06. The van der Waals surface area contributed by atoms with Crippen molar-refractivity contribution >= 4 is 38.6 Å². The van der Waals surface area contributed by atoms with Gasteiger partial charge < -0.3 is 4.90 Å². The molecule has 282 valence electrons. The molecule has 9 aromatic rings. The maximum absolute atomic E-state index is 2.59. The number of benzene rings is 9. The van der Waals surface area contributed by atoms with Gasteiger partial charge in [-0.15, -0.1) is 0 Å². The Labute approximate surface area is 347 Å². The number of hydrogen-bond acceptors (Lipinski definition) is 1. The Hall–Kier alpha value is -6.70. The fraction of sp³-hybridized carbons (Fsp3) is 0.138. The smallest absolute Gasteiger partial charge is 0.0619 e. The van der Waals surface area contributed by atoms with Crippen molar-refractivity contribution < 1.29 is 0 Å². The molecule has 2 aliphatic carbocycles. The summed E-state index contributed by atoms with van der Waals surface area (Å²) in [4.78, 5) is 2.59. The number of hydrogen-bond donors (Lipinski definition) is 0. The van der Waals surface area contributed by atoms with Crippen LogP contribution < -0.4 is 4.90 Å². The van der Waals surface area contributed by atoms with Gasteiger partial charge in [0, 0.05) is 33.0 Å². The maximum Gasteiger partial charge on any atom is 0.0619 e. The fourth-order valence-electron chi connectivity index (χ4n) is 11.2. The van der Waals surface area contributed by atoms with Gasteiger partial charge in [0.25, 0.3) is 0 Å². The van der Waals surface area contributed by atoms with E-state index in [1.165, 1.54) is 116 Å². The van der Waals surface area contributed by atoms with Crippen LogP contribution >= 0.6 is 0 Å². The minimum Gasteiger partial charge on any atom is -0.309 e. The Morgan fingerprint density at radius 3 is 1.61 bits per heavy atom. The molecule has 0 radical (unpaired) electrons. The van der Waals surface area contributed by atoms with E-state index < -0.39 is 0 Å². The second-order valence-corrected chi connectivity index (χ2v) is 18.0. The van der Waals surface area contributed by atoms with Gasteiger partial charge in [-0.1, -0.05) is 179 Å². The Balaban J connectivity index is 1.20. The van der Waals surface area contributed by atoms with E-state index in [9.17, 15) is 0 Å². The highest BCUT2D eigenvalue weighted by molar-refractivity contribution is 6.24. The zero-order valence-electron chi connectivity index (χ0n) is 34.1. The Morgan fingerprint density at radius 1 is 0.356 bits per heavy atom. The molecule has 59 heavy (non-hydrogen) atoms. The summed E-state index contributed by atoms with van der Waals surface area (Å²) in [6.07, 6.45) is 2.01. The van der Waals surface area contributed by atoms with Crippen molar-refractivity contribution in [1.82, 2.24) is 0 Å². The predicted octanol–water partition coefficient (Wildman–Crippen LogP) is 15.5. The molecule has 0 unspecified atom stereocenters. The lowest BCUT2D eigenvalue weighted by molar-refractivity contribution is 0.660. The summed E-state index contributed by atoms with van der Waals surface area (Å²) in [7, 11) is 0. The van der Waals surface area contributed by atoms with Gasteiger partial charge in [-0.05, 0) is 126 Å². The molecule has 1 heterocycles. The monoisotopic (exact) mass is 755 g/mol. The zero-order valence-corrected chi connectivity index (χ0v) is 34.1. The standard InChI is InChI=1S/C58H45N/c1-57(2)49-24-12-10-21-45(49)55-46(22-15-25-50(55)57)54-42-19-7-8-20-43(42)56(59-52-26-13-5-16-36(52)28-29-37-17-6-14-27-53(37)59)44-33-31-38(34-47(44)54)39-30-32-41-40-18-9-11-23-48(40)58(3,4)51(41)35-39/h5-27,30-35H,28-29H2,1-4H3. The van der Waals surface area contributed by atoms with Gasteiger partial charge in [0.05, 0.1) is 5.69 Å². The van der Waals surface area contributed by atoms with Crippen LogP contribution in [-0.4, -0.2) is 0 Å². The molecular weight excluding hydrogens is 711 g/mol. The quantitative estimate of drug-likeness (QED) is 0.162. The Kier molecular flexibility index (Phi) is 7.22. The van der Waals surface area contributed by atoms with Crippen LogP contribution in [0.3, 0.4) is 0 Å². The zero-order chi connectivity index (χ0) is 39.6. The third-order valence-electron chi connectivity index (χ3n) is 14.1. The second-order valence-electron chi connectivity index (χ2n) is 18.0. The lowest BCUT2D eigenvalue weighted by Crippen LogP contribution is -2.15. The SMILES string of the molecule is CC1(C)c2ccccc2-c2ccc(-c3ccc4c(N5c6ccccc6CCc6ccccc65)c5ccccc5c(-c5cccc6c5-c5ccccc5C6(C)C)c4c3)cc21. The van der Waals surface area contributed by atoms with Crippen molar-refractivity contribution in [3.63, 3.8) is 0 Å². The van der Waals surface area contributed by atoms with Crippen LogP contribution in [0.1, 0.15) is 61.1 Å². The highest BCUT2D eigenvalue weighted by Gasteiger charge is 2.38. The average Bonchev–Trinajstić information content (AvgIpc) is 3.56. The van der Waals surface area contributed by atoms with Crippen molar-refractivity contribution in [2.45, 2.75) is 51.4 Å². The van der Waals surface area contributed by atoms with Gasteiger partial charge in [-0.25, -0.2) is 0 Å². The predicted molar refractivity (Wildman–Crippen MR) is 250 cm³/mol. The summed E-state index contributed by atoms with van der Waals surface area (Å²) >= 11 is 0. The number of nitrogens with zero attached hydrogens (tertiary/aromatic N) is 1. The third kappa shape index (κ3) is 4.79. The van der Waals surface area contributed by atoms with Gasteiger partial charge in [-0.3, -0.25) is 0 Å². The second kappa shape index (κ2) is 12.4. The molecule has 1 heteroatoms. The number of rotatable bonds is 3. The molecule has 1 aliphatic heterocycles. The first-order chi connectivity index (χ1) is 28.8. The molecular formula is C58H45N. The molecule has 0 bridgehead atoms. The first kappa shape index (κ1) is 34.4. The van der Waals surface area contributed by atoms with E-state index in [0.29, 0.717) is 0 Å². The van der Waals surface area contributed by atoms with E-state index in [1.54, 1.807) is 0 Å². The average molecular weight is 756 g/mol. The highest BCUT2D eigenvalue weighted by atomic mass is 15.2. The normalized spacial score (nSPS) is 15.2. The van der Waals surface area contributed by atoms with E-state index in [1.807, 2.05) is 0 Å². The van der Waals surface area contributed by atoms with Crippen molar-refractivity contribution in [3.8, 4) is 44.5 Å². The lowest BCUT2D eigenvalue weighted by Gasteiger charge is -2.31.